The summed E-state index contributed by atoms with van der Waals surface area (Å²) in [5, 5.41) is 11.7. The molecule has 6 heteroatoms. The van der Waals surface area contributed by atoms with E-state index in [-0.39, 0.29) is 11.8 Å². The molecule has 0 heterocycles. The highest BCUT2D eigenvalue weighted by molar-refractivity contribution is 5.93. The first-order valence-electron chi connectivity index (χ1n) is 7.21. The predicted molar refractivity (Wildman–Crippen MR) is 80.2 cm³/mol. The van der Waals surface area contributed by atoms with Crippen molar-refractivity contribution in [3.63, 3.8) is 0 Å². The number of carboxylic acid groups (broad SMARTS) is 1. The molecule has 1 aliphatic rings. The summed E-state index contributed by atoms with van der Waals surface area (Å²) < 4.78 is 0. The van der Waals surface area contributed by atoms with Crippen molar-refractivity contribution in [2.75, 3.05) is 14.1 Å². The highest BCUT2D eigenvalue weighted by Gasteiger charge is 2.41. The Balaban J connectivity index is 1.88. The van der Waals surface area contributed by atoms with E-state index in [1.54, 1.807) is 38.4 Å². The molecule has 2 atom stereocenters. The molecule has 2 unspecified atom stereocenters. The van der Waals surface area contributed by atoms with Crippen LogP contribution in [0.2, 0.25) is 0 Å². The van der Waals surface area contributed by atoms with Gasteiger partial charge in [0.15, 0.2) is 0 Å². The monoisotopic (exact) mass is 304 g/mol. The van der Waals surface area contributed by atoms with E-state index in [1.807, 2.05) is 0 Å². The van der Waals surface area contributed by atoms with E-state index in [4.69, 9.17) is 5.11 Å². The summed E-state index contributed by atoms with van der Waals surface area (Å²) in [6, 6.07) is 7.00. The number of nitrogens with one attached hydrogen (secondary N) is 1. The summed E-state index contributed by atoms with van der Waals surface area (Å²) in [5.74, 6) is -2.17. The van der Waals surface area contributed by atoms with E-state index in [0.29, 0.717) is 24.9 Å². The zero-order valence-corrected chi connectivity index (χ0v) is 12.7. The van der Waals surface area contributed by atoms with Gasteiger partial charge in [-0.25, -0.2) is 0 Å². The van der Waals surface area contributed by atoms with Gasteiger partial charge in [0.05, 0.1) is 11.8 Å². The standard InChI is InChI=1S/C16H20N2O4/c1-18(2)15(20)11-5-3-10(4-6-11)9-17-14(19)12-7-8-13(12)16(21)22/h3-6,12-13H,7-9H2,1-2H3,(H,17,19)(H,21,22). The van der Waals surface area contributed by atoms with E-state index < -0.39 is 17.8 Å². The van der Waals surface area contributed by atoms with Crippen LogP contribution in [0.1, 0.15) is 28.8 Å². The third kappa shape index (κ3) is 3.44. The van der Waals surface area contributed by atoms with Crippen LogP contribution in [0, 0.1) is 11.8 Å². The molecule has 22 heavy (non-hydrogen) atoms. The van der Waals surface area contributed by atoms with Gasteiger partial charge in [0.1, 0.15) is 0 Å². The number of rotatable bonds is 5. The van der Waals surface area contributed by atoms with Gasteiger partial charge in [-0.05, 0) is 30.5 Å². The number of nitrogens with zero attached hydrogens (tertiary/aromatic N) is 1. The molecule has 1 aliphatic carbocycles. The van der Waals surface area contributed by atoms with Crippen molar-refractivity contribution in [2.45, 2.75) is 19.4 Å². The topological polar surface area (TPSA) is 86.7 Å². The smallest absolute Gasteiger partial charge is 0.307 e. The van der Waals surface area contributed by atoms with E-state index >= 15 is 0 Å². The second-order valence-electron chi connectivity index (χ2n) is 5.74. The summed E-state index contributed by atoms with van der Waals surface area (Å²) >= 11 is 0. The lowest BCUT2D eigenvalue weighted by atomic mass is 9.73. The Hall–Kier alpha value is -2.37. The lowest BCUT2D eigenvalue weighted by Crippen LogP contribution is -2.43. The van der Waals surface area contributed by atoms with Crippen LogP contribution in [-0.4, -0.2) is 41.9 Å². The third-order valence-corrected chi connectivity index (χ3v) is 4.00. The summed E-state index contributed by atoms with van der Waals surface area (Å²) in [4.78, 5) is 36.1. The van der Waals surface area contributed by atoms with Gasteiger partial charge in [0.2, 0.25) is 5.91 Å². The average Bonchev–Trinajstić information content (AvgIpc) is 2.43. The van der Waals surface area contributed by atoms with E-state index in [9.17, 15) is 14.4 Å². The summed E-state index contributed by atoms with van der Waals surface area (Å²) in [6.45, 7) is 0.331. The molecule has 1 aromatic carbocycles. The van der Waals surface area contributed by atoms with Crippen molar-refractivity contribution < 1.29 is 19.5 Å². The van der Waals surface area contributed by atoms with E-state index in [0.717, 1.165) is 5.56 Å². The maximum Gasteiger partial charge on any atom is 0.307 e. The molecular weight excluding hydrogens is 284 g/mol. The minimum absolute atomic E-state index is 0.0747. The van der Waals surface area contributed by atoms with Gasteiger partial charge in [0, 0.05) is 26.2 Å². The van der Waals surface area contributed by atoms with Crippen LogP contribution in [0.4, 0.5) is 0 Å². The Kier molecular flexibility index (Phi) is 4.80. The minimum Gasteiger partial charge on any atom is -0.481 e. The second-order valence-corrected chi connectivity index (χ2v) is 5.74. The molecule has 0 bridgehead atoms. The Morgan fingerprint density at radius 1 is 1.14 bits per heavy atom. The van der Waals surface area contributed by atoms with Crippen molar-refractivity contribution in [1.82, 2.24) is 10.2 Å². The van der Waals surface area contributed by atoms with Crippen molar-refractivity contribution >= 4 is 17.8 Å². The molecule has 1 aromatic rings. The van der Waals surface area contributed by atoms with Crippen molar-refractivity contribution in [2.24, 2.45) is 11.8 Å². The van der Waals surface area contributed by atoms with Crippen LogP contribution in [0.3, 0.4) is 0 Å². The Morgan fingerprint density at radius 2 is 1.73 bits per heavy atom. The lowest BCUT2D eigenvalue weighted by Gasteiger charge is -2.31. The van der Waals surface area contributed by atoms with Gasteiger partial charge in [-0.3, -0.25) is 14.4 Å². The predicted octanol–water partition coefficient (Wildman–Crippen LogP) is 1.12. The zero-order valence-electron chi connectivity index (χ0n) is 12.7. The number of benzene rings is 1. The molecule has 1 fully saturated rings. The quantitative estimate of drug-likeness (QED) is 0.853. The van der Waals surface area contributed by atoms with Crippen molar-refractivity contribution in [3.05, 3.63) is 35.4 Å². The molecular formula is C16H20N2O4. The molecule has 0 aliphatic heterocycles. The number of hydrogen-bond donors (Lipinski definition) is 2. The number of aliphatic carboxylic acids is 1. The van der Waals surface area contributed by atoms with Crippen LogP contribution in [0.25, 0.3) is 0 Å². The fraction of sp³-hybridized carbons (Fsp3) is 0.438. The fourth-order valence-electron chi connectivity index (χ4n) is 2.45. The first-order chi connectivity index (χ1) is 10.4. The number of carboxylic acids is 1. The normalized spacial score (nSPS) is 19.9. The molecule has 0 radical (unpaired) electrons. The molecule has 6 nitrogen and oxygen atoms in total. The highest BCUT2D eigenvalue weighted by Crippen LogP contribution is 2.34. The van der Waals surface area contributed by atoms with E-state index in [1.165, 1.54) is 4.90 Å². The number of amides is 2. The molecule has 2 N–H and O–H groups in total. The molecule has 0 spiro atoms. The molecule has 0 aromatic heterocycles. The molecule has 1 saturated carbocycles. The lowest BCUT2D eigenvalue weighted by molar-refractivity contribution is -0.152. The fourth-order valence-corrected chi connectivity index (χ4v) is 2.45. The Morgan fingerprint density at radius 3 is 2.18 bits per heavy atom. The van der Waals surface area contributed by atoms with Crippen LogP contribution in [0.15, 0.2) is 24.3 Å². The van der Waals surface area contributed by atoms with Gasteiger partial charge < -0.3 is 15.3 Å². The molecule has 2 rings (SSSR count). The van der Waals surface area contributed by atoms with Gasteiger partial charge in [-0.2, -0.15) is 0 Å². The summed E-state index contributed by atoms with van der Waals surface area (Å²) in [7, 11) is 3.38. The minimum atomic E-state index is -0.905. The maximum atomic E-state index is 11.9. The molecule has 2 amide bonds. The Bertz CT molecular complexity index is 580. The first kappa shape index (κ1) is 16.0. The van der Waals surface area contributed by atoms with Crippen LogP contribution >= 0.6 is 0 Å². The van der Waals surface area contributed by atoms with Gasteiger partial charge >= 0.3 is 5.97 Å². The van der Waals surface area contributed by atoms with Crippen molar-refractivity contribution in [3.8, 4) is 0 Å². The average molecular weight is 304 g/mol. The van der Waals surface area contributed by atoms with Gasteiger partial charge in [-0.15, -0.1) is 0 Å². The third-order valence-electron chi connectivity index (χ3n) is 4.00. The van der Waals surface area contributed by atoms with Gasteiger partial charge in [-0.1, -0.05) is 12.1 Å². The molecule has 0 saturated heterocycles. The Labute approximate surface area is 129 Å². The van der Waals surface area contributed by atoms with E-state index in [2.05, 4.69) is 5.32 Å². The van der Waals surface area contributed by atoms with Crippen LogP contribution in [-0.2, 0) is 16.1 Å². The summed E-state index contributed by atoms with van der Waals surface area (Å²) in [6.07, 6.45) is 1.19. The number of carbonyl (C=O) groups is 3. The highest BCUT2D eigenvalue weighted by atomic mass is 16.4. The number of hydrogen-bond acceptors (Lipinski definition) is 3. The van der Waals surface area contributed by atoms with Crippen LogP contribution < -0.4 is 5.32 Å². The second kappa shape index (κ2) is 6.60. The van der Waals surface area contributed by atoms with Crippen molar-refractivity contribution in [1.29, 1.82) is 0 Å². The maximum absolute atomic E-state index is 11.9. The van der Waals surface area contributed by atoms with Gasteiger partial charge in [0.25, 0.3) is 5.91 Å². The molecule has 118 valence electrons. The summed E-state index contributed by atoms with van der Waals surface area (Å²) in [5.41, 5.74) is 1.46. The largest absolute Gasteiger partial charge is 0.481 e. The van der Waals surface area contributed by atoms with Crippen LogP contribution in [0.5, 0.6) is 0 Å². The SMILES string of the molecule is CN(C)C(=O)c1ccc(CNC(=O)C2CCC2C(=O)O)cc1. The zero-order chi connectivity index (χ0) is 16.3. The number of carbonyl (C=O) groups excluding carboxylic acids is 2. The first-order valence-corrected chi connectivity index (χ1v) is 7.21.